The summed E-state index contributed by atoms with van der Waals surface area (Å²) in [4.78, 5) is 27.3. The summed E-state index contributed by atoms with van der Waals surface area (Å²) in [6.45, 7) is 13.6. The third-order valence-corrected chi connectivity index (χ3v) is 5.73. The van der Waals surface area contributed by atoms with E-state index in [4.69, 9.17) is 4.74 Å². The first kappa shape index (κ1) is 20.6. The van der Waals surface area contributed by atoms with E-state index in [0.717, 1.165) is 19.5 Å². The predicted molar refractivity (Wildman–Crippen MR) is 107 cm³/mol. The number of aryl methyl sites for hydroxylation is 2. The van der Waals surface area contributed by atoms with Crippen molar-refractivity contribution >= 4 is 12.1 Å². The number of hydrogen-bond donors (Lipinski definition) is 1. The maximum absolute atomic E-state index is 12.1. The van der Waals surface area contributed by atoms with Crippen LogP contribution in [0, 0.1) is 19.8 Å². The number of likely N-dealkylation sites (tertiary alicyclic amines) is 2. The van der Waals surface area contributed by atoms with Crippen molar-refractivity contribution in [2.45, 2.75) is 59.1 Å². The Kier molecular flexibility index (Phi) is 5.71. The molecule has 6 heteroatoms. The summed E-state index contributed by atoms with van der Waals surface area (Å²) in [7, 11) is 0. The first-order valence-corrected chi connectivity index (χ1v) is 10.1. The lowest BCUT2D eigenvalue weighted by molar-refractivity contribution is -0.141. The Labute approximate surface area is 167 Å². The molecule has 6 nitrogen and oxygen atoms in total. The molecule has 0 unspecified atom stereocenters. The molecule has 0 bridgehead atoms. The van der Waals surface area contributed by atoms with Crippen LogP contribution in [-0.4, -0.2) is 58.7 Å². The molecular weight excluding hydrogens is 356 g/mol. The molecule has 1 aromatic rings. The summed E-state index contributed by atoms with van der Waals surface area (Å²) in [6.07, 6.45) is 0.490. The molecular formula is C22H32N2O4. The number of nitrogens with zero attached hydrogens (tertiary/aromatic N) is 2. The van der Waals surface area contributed by atoms with Gasteiger partial charge in [-0.1, -0.05) is 12.1 Å². The number of carbonyl (C=O) groups excluding carboxylic acids is 1. The first-order valence-electron chi connectivity index (χ1n) is 10.1. The minimum absolute atomic E-state index is 0.240. The first-order chi connectivity index (χ1) is 13.0. The molecule has 2 saturated heterocycles. The highest BCUT2D eigenvalue weighted by molar-refractivity contribution is 5.70. The van der Waals surface area contributed by atoms with Crippen molar-refractivity contribution in [3.05, 3.63) is 34.4 Å². The van der Waals surface area contributed by atoms with E-state index >= 15 is 0 Å². The van der Waals surface area contributed by atoms with Crippen LogP contribution >= 0.6 is 0 Å². The van der Waals surface area contributed by atoms with Gasteiger partial charge in [-0.3, -0.25) is 9.69 Å². The molecule has 0 saturated carbocycles. The van der Waals surface area contributed by atoms with Gasteiger partial charge in [0.25, 0.3) is 0 Å². The van der Waals surface area contributed by atoms with Crippen molar-refractivity contribution in [2.75, 3.05) is 26.2 Å². The van der Waals surface area contributed by atoms with Crippen LogP contribution in [0.1, 0.15) is 55.4 Å². The number of hydrogen-bond acceptors (Lipinski definition) is 4. The molecule has 3 rings (SSSR count). The molecule has 2 aliphatic heterocycles. The van der Waals surface area contributed by atoms with E-state index in [-0.39, 0.29) is 12.0 Å². The average molecular weight is 389 g/mol. The Bertz CT molecular complexity index is 739. The third kappa shape index (κ3) is 4.66. The molecule has 0 aliphatic carbocycles. The molecule has 0 radical (unpaired) electrons. The minimum atomic E-state index is -0.689. The van der Waals surface area contributed by atoms with Gasteiger partial charge in [-0.25, -0.2) is 4.79 Å². The number of amides is 1. The molecule has 1 N–H and O–H groups in total. The molecule has 0 aromatic heterocycles. The fourth-order valence-electron chi connectivity index (χ4n) is 4.08. The lowest BCUT2D eigenvalue weighted by atomic mass is 9.87. The summed E-state index contributed by atoms with van der Waals surface area (Å²) < 4.78 is 5.43. The van der Waals surface area contributed by atoms with Gasteiger partial charge in [0, 0.05) is 32.1 Å². The van der Waals surface area contributed by atoms with Gasteiger partial charge in [-0.2, -0.15) is 0 Å². The van der Waals surface area contributed by atoms with E-state index in [1.165, 1.54) is 22.3 Å². The van der Waals surface area contributed by atoms with Crippen LogP contribution in [-0.2, 0) is 16.1 Å². The minimum Gasteiger partial charge on any atom is -0.481 e. The van der Waals surface area contributed by atoms with Crippen molar-refractivity contribution in [2.24, 2.45) is 5.92 Å². The smallest absolute Gasteiger partial charge is 0.410 e. The summed E-state index contributed by atoms with van der Waals surface area (Å²) >= 11 is 0. The molecule has 2 heterocycles. The Morgan fingerprint density at radius 3 is 2.25 bits per heavy atom. The maximum atomic E-state index is 12.1. The largest absolute Gasteiger partial charge is 0.481 e. The fraction of sp³-hybridized carbons (Fsp3) is 0.636. The number of carbonyl (C=O) groups is 2. The zero-order valence-electron chi connectivity index (χ0n) is 17.6. The van der Waals surface area contributed by atoms with E-state index in [2.05, 4.69) is 30.9 Å². The number of carboxylic acid groups (broad SMARTS) is 1. The predicted octanol–water partition coefficient (Wildman–Crippen LogP) is 3.54. The van der Waals surface area contributed by atoms with Gasteiger partial charge in [0.05, 0.1) is 5.92 Å². The second-order valence-corrected chi connectivity index (χ2v) is 9.27. The lowest BCUT2D eigenvalue weighted by Gasteiger charge is -2.40. The fourth-order valence-corrected chi connectivity index (χ4v) is 4.08. The Balaban J connectivity index is 1.61. The Morgan fingerprint density at radius 1 is 1.14 bits per heavy atom. The Hall–Kier alpha value is -2.08. The summed E-state index contributed by atoms with van der Waals surface area (Å²) in [5.74, 6) is -0.582. The number of rotatable bonds is 4. The lowest BCUT2D eigenvalue weighted by Crippen LogP contribution is -2.50. The van der Waals surface area contributed by atoms with Gasteiger partial charge >= 0.3 is 12.1 Å². The number of ether oxygens (including phenoxy) is 1. The monoisotopic (exact) mass is 388 g/mol. The van der Waals surface area contributed by atoms with Crippen LogP contribution in [0.3, 0.4) is 0 Å². The summed E-state index contributed by atoms with van der Waals surface area (Å²) in [6, 6.07) is 4.45. The summed E-state index contributed by atoms with van der Waals surface area (Å²) in [5.41, 5.74) is 4.57. The average Bonchev–Trinajstić information content (AvgIpc) is 2.96. The van der Waals surface area contributed by atoms with Gasteiger partial charge in [-0.05, 0) is 69.8 Å². The molecule has 28 heavy (non-hydrogen) atoms. The molecule has 1 amide bonds. The van der Waals surface area contributed by atoms with Crippen LogP contribution < -0.4 is 0 Å². The third-order valence-electron chi connectivity index (χ3n) is 5.73. The van der Waals surface area contributed by atoms with Crippen LogP contribution in [0.4, 0.5) is 4.79 Å². The van der Waals surface area contributed by atoms with Gasteiger partial charge in [0.1, 0.15) is 5.60 Å². The molecule has 0 spiro atoms. The van der Waals surface area contributed by atoms with E-state index in [1.807, 2.05) is 20.8 Å². The quantitative estimate of drug-likeness (QED) is 0.854. The number of aliphatic carboxylic acids is 1. The van der Waals surface area contributed by atoms with Crippen molar-refractivity contribution in [3.8, 4) is 0 Å². The van der Waals surface area contributed by atoms with Crippen LogP contribution in [0.15, 0.2) is 12.1 Å². The highest BCUT2D eigenvalue weighted by Crippen LogP contribution is 2.32. The molecule has 1 aromatic carbocycles. The normalized spacial score (nSPS) is 20.9. The summed E-state index contributed by atoms with van der Waals surface area (Å²) in [5, 5.41) is 9.20. The molecule has 2 fully saturated rings. The highest BCUT2D eigenvalue weighted by Gasteiger charge is 2.35. The molecule has 1 atom stereocenters. The van der Waals surface area contributed by atoms with Gasteiger partial charge in [-0.15, -0.1) is 0 Å². The van der Waals surface area contributed by atoms with Gasteiger partial charge in [0.2, 0.25) is 0 Å². The van der Waals surface area contributed by atoms with Gasteiger partial charge < -0.3 is 14.7 Å². The zero-order chi connectivity index (χ0) is 20.6. The zero-order valence-corrected chi connectivity index (χ0v) is 17.6. The standard InChI is InChI=1S/C22H32N2O4/c1-14-8-17(18-11-24(12-18)21(27)28-22(3,4)5)9-15(2)19(14)13-23-7-6-16(10-23)20(25)26/h8-9,16,18H,6-7,10-13H2,1-5H3,(H,25,26)/t16-/m1/s1. The van der Waals surface area contributed by atoms with Crippen molar-refractivity contribution in [3.63, 3.8) is 0 Å². The Morgan fingerprint density at radius 2 is 1.75 bits per heavy atom. The van der Waals surface area contributed by atoms with Crippen molar-refractivity contribution < 1.29 is 19.4 Å². The molecule has 2 aliphatic rings. The number of benzene rings is 1. The van der Waals surface area contributed by atoms with E-state index in [9.17, 15) is 14.7 Å². The van der Waals surface area contributed by atoms with Crippen LogP contribution in [0.5, 0.6) is 0 Å². The van der Waals surface area contributed by atoms with Gasteiger partial charge in [0.15, 0.2) is 0 Å². The van der Waals surface area contributed by atoms with Crippen LogP contribution in [0.25, 0.3) is 0 Å². The topological polar surface area (TPSA) is 70.1 Å². The maximum Gasteiger partial charge on any atom is 0.410 e. The van der Waals surface area contributed by atoms with E-state index in [0.29, 0.717) is 25.6 Å². The van der Waals surface area contributed by atoms with Crippen LogP contribution in [0.2, 0.25) is 0 Å². The van der Waals surface area contributed by atoms with E-state index < -0.39 is 11.6 Å². The molecule has 154 valence electrons. The number of carboxylic acids is 1. The van der Waals surface area contributed by atoms with Crippen molar-refractivity contribution in [1.82, 2.24) is 9.80 Å². The van der Waals surface area contributed by atoms with E-state index in [1.54, 1.807) is 4.90 Å². The second kappa shape index (κ2) is 7.74. The second-order valence-electron chi connectivity index (χ2n) is 9.27. The van der Waals surface area contributed by atoms with Crippen molar-refractivity contribution in [1.29, 1.82) is 0 Å². The highest BCUT2D eigenvalue weighted by atomic mass is 16.6. The SMILES string of the molecule is Cc1cc(C2CN(C(=O)OC(C)(C)C)C2)cc(C)c1CN1CC[C@@H](C(=O)O)C1.